The zero-order valence-corrected chi connectivity index (χ0v) is 17.6. The number of hydrogen-bond donors (Lipinski definition) is 1. The summed E-state index contributed by atoms with van der Waals surface area (Å²) in [7, 11) is 2.02. The lowest BCUT2D eigenvalue weighted by Crippen LogP contribution is -2.34. The van der Waals surface area contributed by atoms with E-state index in [-0.39, 0.29) is 11.5 Å². The summed E-state index contributed by atoms with van der Waals surface area (Å²) in [5.74, 6) is -1.24. The van der Waals surface area contributed by atoms with Crippen molar-refractivity contribution in [3.8, 4) is 0 Å². The average Bonchev–Trinajstić information content (AvgIpc) is 2.94. The number of nitrogens with zero attached hydrogens (tertiary/aromatic N) is 2. The van der Waals surface area contributed by atoms with Crippen LogP contribution in [0.1, 0.15) is 31.8 Å². The van der Waals surface area contributed by atoms with Gasteiger partial charge in [-0.25, -0.2) is 4.39 Å². The molecule has 0 spiro atoms. The number of likely N-dealkylation sites (N-methyl/N-ethyl adjacent to an activating group) is 1. The molecule has 158 valence electrons. The number of hydrogen-bond acceptors (Lipinski definition) is 3. The van der Waals surface area contributed by atoms with Gasteiger partial charge in [0.1, 0.15) is 5.82 Å². The molecule has 0 aliphatic carbocycles. The Morgan fingerprint density at radius 1 is 0.968 bits per heavy atom. The molecule has 2 amide bonds. The van der Waals surface area contributed by atoms with Crippen LogP contribution < -0.4 is 10.2 Å². The summed E-state index contributed by atoms with van der Waals surface area (Å²) in [5.41, 5.74) is 3.95. The Balaban J connectivity index is 1.57. The van der Waals surface area contributed by atoms with Crippen molar-refractivity contribution < 1.29 is 14.0 Å². The highest BCUT2D eigenvalue weighted by atomic mass is 19.1. The molecule has 4 rings (SSSR count). The molecule has 1 aliphatic rings. The molecule has 5 nitrogen and oxygen atoms in total. The predicted octanol–water partition coefficient (Wildman–Crippen LogP) is 4.48. The number of fused-ring (bicyclic) bond motifs is 1. The second-order valence-corrected chi connectivity index (χ2v) is 7.74. The van der Waals surface area contributed by atoms with Crippen LogP contribution in [0.3, 0.4) is 0 Å². The lowest BCUT2D eigenvalue weighted by molar-refractivity contribution is 0.0751. The zero-order chi connectivity index (χ0) is 22.0. The Bertz CT molecular complexity index is 1150. The third kappa shape index (κ3) is 4.28. The third-order valence-electron chi connectivity index (χ3n) is 5.61. The first-order valence-corrected chi connectivity index (χ1v) is 10.2. The van der Waals surface area contributed by atoms with E-state index in [4.69, 9.17) is 0 Å². The molecule has 31 heavy (non-hydrogen) atoms. The van der Waals surface area contributed by atoms with E-state index in [0.29, 0.717) is 24.3 Å². The van der Waals surface area contributed by atoms with Crippen LogP contribution in [0.25, 0.3) is 0 Å². The van der Waals surface area contributed by atoms with Gasteiger partial charge in [0, 0.05) is 43.6 Å². The molecule has 0 bridgehead atoms. The molecule has 3 aromatic carbocycles. The summed E-state index contributed by atoms with van der Waals surface area (Å²) in [6.45, 7) is 3.67. The first kappa shape index (κ1) is 20.6. The Morgan fingerprint density at radius 2 is 1.71 bits per heavy atom. The van der Waals surface area contributed by atoms with Crippen LogP contribution in [0.2, 0.25) is 0 Å². The van der Waals surface area contributed by atoms with Gasteiger partial charge in [-0.05, 0) is 48.4 Å². The topological polar surface area (TPSA) is 52.7 Å². The van der Waals surface area contributed by atoms with E-state index in [2.05, 4.69) is 16.3 Å². The van der Waals surface area contributed by atoms with Crippen molar-refractivity contribution in [3.63, 3.8) is 0 Å². The van der Waals surface area contributed by atoms with Gasteiger partial charge >= 0.3 is 0 Å². The molecule has 0 saturated heterocycles. The summed E-state index contributed by atoms with van der Waals surface area (Å²) >= 11 is 0. The lowest BCUT2D eigenvalue weighted by Gasteiger charge is -2.22. The fourth-order valence-corrected chi connectivity index (χ4v) is 3.77. The van der Waals surface area contributed by atoms with Gasteiger partial charge in [-0.2, -0.15) is 0 Å². The van der Waals surface area contributed by atoms with Crippen LogP contribution in [-0.4, -0.2) is 36.9 Å². The van der Waals surface area contributed by atoms with Gasteiger partial charge < -0.3 is 15.1 Å². The molecule has 3 aromatic rings. The highest BCUT2D eigenvalue weighted by Crippen LogP contribution is 2.26. The zero-order valence-electron chi connectivity index (χ0n) is 17.6. The second-order valence-electron chi connectivity index (χ2n) is 7.74. The minimum Gasteiger partial charge on any atom is -0.373 e. The van der Waals surface area contributed by atoms with E-state index in [1.165, 1.54) is 18.2 Å². The van der Waals surface area contributed by atoms with Crippen molar-refractivity contribution in [2.45, 2.75) is 13.5 Å². The van der Waals surface area contributed by atoms with Gasteiger partial charge in [0.15, 0.2) is 0 Å². The monoisotopic (exact) mass is 417 g/mol. The van der Waals surface area contributed by atoms with E-state index >= 15 is 0 Å². The maximum atomic E-state index is 14.0. The van der Waals surface area contributed by atoms with Gasteiger partial charge in [0.05, 0.1) is 5.56 Å². The number of aryl methyl sites for hydroxylation is 1. The number of anilines is 2. The van der Waals surface area contributed by atoms with Crippen LogP contribution in [-0.2, 0) is 6.54 Å². The van der Waals surface area contributed by atoms with Crippen LogP contribution in [0.15, 0.2) is 66.7 Å². The van der Waals surface area contributed by atoms with Gasteiger partial charge in [0.2, 0.25) is 0 Å². The number of rotatable bonds is 3. The minimum absolute atomic E-state index is 0.0363. The molecule has 6 heteroatoms. The van der Waals surface area contributed by atoms with Gasteiger partial charge in [0.25, 0.3) is 11.8 Å². The Kier molecular flexibility index (Phi) is 5.71. The molecular formula is C25H24FN3O2. The van der Waals surface area contributed by atoms with Crippen LogP contribution >= 0.6 is 0 Å². The van der Waals surface area contributed by atoms with Crippen molar-refractivity contribution in [2.24, 2.45) is 0 Å². The second kappa shape index (κ2) is 8.60. The molecule has 1 heterocycles. The largest absolute Gasteiger partial charge is 0.373 e. The maximum absolute atomic E-state index is 14.0. The molecular weight excluding hydrogens is 393 g/mol. The fraction of sp³-hybridized carbons (Fsp3) is 0.200. The van der Waals surface area contributed by atoms with E-state index in [9.17, 15) is 14.0 Å². The van der Waals surface area contributed by atoms with E-state index in [0.717, 1.165) is 23.4 Å². The molecule has 0 saturated carbocycles. The van der Waals surface area contributed by atoms with E-state index in [1.54, 1.807) is 24.3 Å². The van der Waals surface area contributed by atoms with Crippen molar-refractivity contribution in [1.82, 2.24) is 4.90 Å². The standard InChI is InChI=1S/C25H24FN3O2/c1-17-11-12-18(15-22(17)27-24(30)20-8-4-5-9-21(20)26)25(31)29-14-13-28(2)23-10-6-3-7-19(23)16-29/h3-12,15H,13-14,16H2,1-2H3,(H,27,30). The number of carbonyl (C=O) groups is 2. The molecule has 0 fully saturated rings. The number of nitrogens with one attached hydrogen (secondary N) is 1. The van der Waals surface area contributed by atoms with Crippen LogP contribution in [0.5, 0.6) is 0 Å². The number of amides is 2. The van der Waals surface area contributed by atoms with E-state index < -0.39 is 11.7 Å². The summed E-state index contributed by atoms with van der Waals surface area (Å²) in [6.07, 6.45) is 0. The number of para-hydroxylation sites is 1. The first-order valence-electron chi connectivity index (χ1n) is 10.2. The molecule has 0 radical (unpaired) electrons. The molecule has 1 aliphatic heterocycles. The molecule has 0 aromatic heterocycles. The SMILES string of the molecule is Cc1ccc(C(=O)N2CCN(C)c3ccccc3C2)cc1NC(=O)c1ccccc1F. The van der Waals surface area contributed by atoms with Crippen molar-refractivity contribution in [3.05, 3.63) is 94.8 Å². The average molecular weight is 417 g/mol. The van der Waals surface area contributed by atoms with Crippen molar-refractivity contribution in [1.29, 1.82) is 0 Å². The smallest absolute Gasteiger partial charge is 0.258 e. The fourth-order valence-electron chi connectivity index (χ4n) is 3.77. The van der Waals surface area contributed by atoms with Gasteiger partial charge in [-0.3, -0.25) is 9.59 Å². The summed E-state index contributed by atoms with van der Waals surface area (Å²) in [5, 5.41) is 2.74. The molecule has 1 N–H and O–H groups in total. The number of benzene rings is 3. The Hall–Kier alpha value is -3.67. The lowest BCUT2D eigenvalue weighted by atomic mass is 10.1. The Labute approximate surface area is 181 Å². The maximum Gasteiger partial charge on any atom is 0.258 e. The quantitative estimate of drug-likeness (QED) is 0.684. The van der Waals surface area contributed by atoms with Crippen LogP contribution in [0.4, 0.5) is 15.8 Å². The number of carbonyl (C=O) groups excluding carboxylic acids is 2. The third-order valence-corrected chi connectivity index (χ3v) is 5.61. The normalized spacial score (nSPS) is 13.4. The summed E-state index contributed by atoms with van der Waals surface area (Å²) in [6, 6.07) is 19.1. The van der Waals surface area contributed by atoms with Crippen molar-refractivity contribution in [2.75, 3.05) is 30.4 Å². The summed E-state index contributed by atoms with van der Waals surface area (Å²) in [4.78, 5) is 29.8. The minimum atomic E-state index is -0.586. The molecule has 0 atom stereocenters. The van der Waals surface area contributed by atoms with E-state index in [1.807, 2.05) is 37.1 Å². The highest BCUT2D eigenvalue weighted by Gasteiger charge is 2.23. The Morgan fingerprint density at radius 3 is 2.52 bits per heavy atom. The number of halogens is 1. The first-order chi connectivity index (χ1) is 14.9. The summed E-state index contributed by atoms with van der Waals surface area (Å²) < 4.78 is 14.0. The highest BCUT2D eigenvalue weighted by molar-refractivity contribution is 6.05. The van der Waals surface area contributed by atoms with Gasteiger partial charge in [-0.1, -0.05) is 36.4 Å². The molecule has 0 unspecified atom stereocenters. The van der Waals surface area contributed by atoms with Gasteiger partial charge in [-0.15, -0.1) is 0 Å². The van der Waals surface area contributed by atoms with Crippen molar-refractivity contribution >= 4 is 23.2 Å². The predicted molar refractivity (Wildman–Crippen MR) is 120 cm³/mol. The van der Waals surface area contributed by atoms with Crippen LogP contribution in [0, 0.1) is 12.7 Å².